The molecular formula is C10H20N4S. The molecule has 0 saturated heterocycles. The Hall–Kier alpha value is -0.680. The lowest BCUT2D eigenvalue weighted by Gasteiger charge is -2.14. The fraction of sp³-hybridized carbons (Fsp3) is 0.800. The zero-order valence-corrected chi connectivity index (χ0v) is 10.7. The van der Waals surface area contributed by atoms with Gasteiger partial charge in [0, 0.05) is 29.5 Å². The molecule has 1 heterocycles. The Morgan fingerprint density at radius 1 is 1.47 bits per heavy atom. The van der Waals surface area contributed by atoms with Crippen molar-refractivity contribution in [2.24, 2.45) is 5.73 Å². The Balaban J connectivity index is 2.68. The van der Waals surface area contributed by atoms with Crippen LogP contribution in [0, 0.1) is 0 Å². The molecule has 3 N–H and O–H groups in total. The predicted octanol–water partition coefficient (Wildman–Crippen LogP) is 1.98. The molecule has 15 heavy (non-hydrogen) atoms. The van der Waals surface area contributed by atoms with E-state index in [2.05, 4.69) is 42.4 Å². The monoisotopic (exact) mass is 228 g/mol. The molecular weight excluding hydrogens is 208 g/mol. The topological polar surface area (TPSA) is 63.8 Å². The Labute approximate surface area is 95.5 Å². The smallest absolute Gasteiger partial charge is 0.202 e. The molecule has 0 aromatic carbocycles. The first kappa shape index (κ1) is 12.4. The van der Waals surface area contributed by atoms with E-state index in [0.717, 1.165) is 17.4 Å². The van der Waals surface area contributed by atoms with Crippen molar-refractivity contribution in [2.75, 3.05) is 11.9 Å². The molecule has 86 valence electrons. The molecule has 1 atom stereocenters. The van der Waals surface area contributed by atoms with Gasteiger partial charge in [-0.05, 0) is 6.42 Å². The molecule has 0 aliphatic heterocycles. The third-order valence-electron chi connectivity index (χ3n) is 2.20. The first-order chi connectivity index (χ1) is 6.97. The van der Waals surface area contributed by atoms with Crippen molar-refractivity contribution in [3.8, 4) is 0 Å². The highest BCUT2D eigenvalue weighted by Gasteiger charge is 2.20. The van der Waals surface area contributed by atoms with Gasteiger partial charge in [0.25, 0.3) is 0 Å². The van der Waals surface area contributed by atoms with Crippen LogP contribution in [0.1, 0.15) is 39.9 Å². The maximum atomic E-state index is 5.62. The van der Waals surface area contributed by atoms with E-state index in [1.54, 1.807) is 0 Å². The summed E-state index contributed by atoms with van der Waals surface area (Å²) in [5.41, 5.74) is 5.63. The molecule has 1 unspecified atom stereocenters. The van der Waals surface area contributed by atoms with Crippen LogP contribution in [-0.2, 0) is 5.41 Å². The maximum Gasteiger partial charge on any atom is 0.202 e. The second-order valence-electron chi connectivity index (χ2n) is 4.66. The Morgan fingerprint density at radius 2 is 2.13 bits per heavy atom. The molecule has 0 fully saturated rings. The predicted molar refractivity (Wildman–Crippen MR) is 65.4 cm³/mol. The first-order valence-electron chi connectivity index (χ1n) is 5.28. The molecule has 0 aliphatic rings. The van der Waals surface area contributed by atoms with E-state index in [4.69, 9.17) is 5.73 Å². The molecule has 0 bridgehead atoms. The number of rotatable bonds is 4. The summed E-state index contributed by atoms with van der Waals surface area (Å²) in [6.45, 7) is 9.06. The lowest BCUT2D eigenvalue weighted by Crippen LogP contribution is -2.27. The van der Waals surface area contributed by atoms with Gasteiger partial charge in [0.2, 0.25) is 5.13 Å². The SMILES string of the molecule is CCC(CN)Nc1nc(C(C)(C)C)ns1. The molecule has 0 aliphatic carbocycles. The summed E-state index contributed by atoms with van der Waals surface area (Å²) in [4.78, 5) is 4.46. The van der Waals surface area contributed by atoms with E-state index < -0.39 is 0 Å². The molecule has 5 heteroatoms. The molecule has 0 radical (unpaired) electrons. The summed E-state index contributed by atoms with van der Waals surface area (Å²) in [6, 6.07) is 0.297. The highest BCUT2D eigenvalue weighted by molar-refractivity contribution is 7.09. The largest absolute Gasteiger partial charge is 0.356 e. The van der Waals surface area contributed by atoms with Gasteiger partial charge in [-0.15, -0.1) is 0 Å². The Bertz CT molecular complexity index is 299. The zero-order chi connectivity index (χ0) is 11.5. The van der Waals surface area contributed by atoms with E-state index >= 15 is 0 Å². The molecule has 1 aromatic rings. The van der Waals surface area contributed by atoms with Gasteiger partial charge < -0.3 is 11.1 Å². The van der Waals surface area contributed by atoms with Gasteiger partial charge in [0.05, 0.1) is 0 Å². The quantitative estimate of drug-likeness (QED) is 0.827. The van der Waals surface area contributed by atoms with Crippen molar-refractivity contribution in [2.45, 2.75) is 45.6 Å². The average molecular weight is 228 g/mol. The zero-order valence-electron chi connectivity index (χ0n) is 9.87. The van der Waals surface area contributed by atoms with Crippen LogP contribution in [0.25, 0.3) is 0 Å². The minimum absolute atomic E-state index is 0.0147. The molecule has 4 nitrogen and oxygen atoms in total. The number of nitrogens with two attached hydrogens (primary N) is 1. The van der Waals surface area contributed by atoms with Crippen molar-refractivity contribution < 1.29 is 0 Å². The van der Waals surface area contributed by atoms with Crippen LogP contribution < -0.4 is 11.1 Å². The van der Waals surface area contributed by atoms with Crippen molar-refractivity contribution in [1.29, 1.82) is 0 Å². The molecule has 1 rings (SSSR count). The summed E-state index contributed by atoms with van der Waals surface area (Å²) >= 11 is 1.41. The molecule has 0 saturated carbocycles. The Morgan fingerprint density at radius 3 is 2.53 bits per heavy atom. The van der Waals surface area contributed by atoms with Crippen molar-refractivity contribution in [3.63, 3.8) is 0 Å². The highest BCUT2D eigenvalue weighted by atomic mass is 32.1. The summed E-state index contributed by atoms with van der Waals surface area (Å²) in [5, 5.41) is 4.16. The summed E-state index contributed by atoms with van der Waals surface area (Å²) in [7, 11) is 0. The summed E-state index contributed by atoms with van der Waals surface area (Å²) < 4.78 is 4.34. The van der Waals surface area contributed by atoms with Crippen LogP contribution in [0.15, 0.2) is 0 Å². The standard InChI is InChI=1S/C10H20N4S/c1-5-7(6-11)12-9-13-8(14-15-9)10(2,3)4/h7H,5-6,11H2,1-4H3,(H,12,13,14). The highest BCUT2D eigenvalue weighted by Crippen LogP contribution is 2.23. The van der Waals surface area contributed by atoms with Crippen LogP contribution in [0.3, 0.4) is 0 Å². The molecule has 0 amide bonds. The van der Waals surface area contributed by atoms with Gasteiger partial charge in [-0.25, -0.2) is 4.98 Å². The normalized spacial score (nSPS) is 13.9. The Kier molecular flexibility index (Phi) is 4.04. The molecule has 1 aromatic heterocycles. The lowest BCUT2D eigenvalue weighted by atomic mass is 9.96. The lowest BCUT2D eigenvalue weighted by molar-refractivity contribution is 0.554. The van der Waals surface area contributed by atoms with Crippen LogP contribution in [-0.4, -0.2) is 21.9 Å². The fourth-order valence-corrected chi connectivity index (χ4v) is 1.92. The van der Waals surface area contributed by atoms with Gasteiger partial charge in [-0.2, -0.15) is 4.37 Å². The molecule has 0 spiro atoms. The van der Waals surface area contributed by atoms with E-state index in [1.165, 1.54) is 11.5 Å². The number of aromatic nitrogens is 2. The minimum atomic E-state index is 0.0147. The number of hydrogen-bond acceptors (Lipinski definition) is 5. The van der Waals surface area contributed by atoms with Crippen molar-refractivity contribution >= 4 is 16.7 Å². The van der Waals surface area contributed by atoms with Crippen molar-refractivity contribution in [3.05, 3.63) is 5.82 Å². The van der Waals surface area contributed by atoms with E-state index in [1.807, 2.05) is 0 Å². The third-order valence-corrected chi connectivity index (χ3v) is 2.85. The first-order valence-corrected chi connectivity index (χ1v) is 6.05. The third kappa shape index (κ3) is 3.43. The van der Waals surface area contributed by atoms with E-state index in [9.17, 15) is 0 Å². The minimum Gasteiger partial charge on any atom is -0.356 e. The average Bonchev–Trinajstić information content (AvgIpc) is 2.61. The second-order valence-corrected chi connectivity index (χ2v) is 5.41. The van der Waals surface area contributed by atoms with Crippen LogP contribution in [0.2, 0.25) is 0 Å². The van der Waals surface area contributed by atoms with E-state index in [-0.39, 0.29) is 5.41 Å². The van der Waals surface area contributed by atoms with Crippen LogP contribution in [0.5, 0.6) is 0 Å². The van der Waals surface area contributed by atoms with Gasteiger partial charge >= 0.3 is 0 Å². The maximum absolute atomic E-state index is 5.62. The number of hydrogen-bond donors (Lipinski definition) is 2. The van der Waals surface area contributed by atoms with Gasteiger partial charge in [0.15, 0.2) is 0 Å². The number of nitrogens with zero attached hydrogens (tertiary/aromatic N) is 2. The van der Waals surface area contributed by atoms with Crippen LogP contribution >= 0.6 is 11.5 Å². The van der Waals surface area contributed by atoms with E-state index in [0.29, 0.717) is 12.6 Å². The van der Waals surface area contributed by atoms with Gasteiger partial charge in [-0.1, -0.05) is 27.7 Å². The number of nitrogens with one attached hydrogen (secondary N) is 1. The number of anilines is 1. The van der Waals surface area contributed by atoms with Gasteiger partial charge in [0.1, 0.15) is 5.82 Å². The second kappa shape index (κ2) is 4.90. The fourth-order valence-electron chi connectivity index (χ4n) is 1.09. The van der Waals surface area contributed by atoms with Gasteiger partial charge in [-0.3, -0.25) is 0 Å². The summed E-state index contributed by atoms with van der Waals surface area (Å²) in [5.74, 6) is 0.891. The van der Waals surface area contributed by atoms with Crippen LogP contribution in [0.4, 0.5) is 5.13 Å². The van der Waals surface area contributed by atoms with Crippen molar-refractivity contribution in [1.82, 2.24) is 9.36 Å². The summed E-state index contributed by atoms with van der Waals surface area (Å²) in [6.07, 6.45) is 1.00.